The SMILES string of the molecule is O=S(=O)(NCc1ccc(-n2ccnc2)c(F)c1)c1cc(F)ccc1F. The molecule has 2 aromatic carbocycles. The molecule has 1 aromatic heterocycles. The molecule has 0 fully saturated rings. The summed E-state index contributed by atoms with van der Waals surface area (Å²) in [5, 5.41) is 0. The quantitative estimate of drug-likeness (QED) is 0.754. The van der Waals surface area contributed by atoms with E-state index in [0.717, 1.165) is 18.2 Å². The van der Waals surface area contributed by atoms with Crippen molar-refractivity contribution in [2.75, 3.05) is 0 Å². The van der Waals surface area contributed by atoms with Crippen molar-refractivity contribution in [1.82, 2.24) is 14.3 Å². The number of imidazole rings is 1. The number of aromatic nitrogens is 2. The maximum absolute atomic E-state index is 14.1. The van der Waals surface area contributed by atoms with E-state index in [1.54, 1.807) is 6.20 Å². The normalized spacial score (nSPS) is 11.6. The minimum Gasteiger partial charge on any atom is -0.303 e. The topological polar surface area (TPSA) is 64.0 Å². The van der Waals surface area contributed by atoms with Gasteiger partial charge in [-0.15, -0.1) is 0 Å². The standard InChI is InChI=1S/C16H12F3N3O2S/c17-12-2-3-13(18)16(8-12)25(23,24)21-9-11-1-4-15(14(19)7-11)22-6-5-20-10-22/h1-8,10,21H,9H2. The van der Waals surface area contributed by atoms with Crippen LogP contribution in [0.2, 0.25) is 0 Å². The molecule has 0 amide bonds. The molecule has 0 saturated heterocycles. The third kappa shape index (κ3) is 3.72. The molecule has 1 heterocycles. The molecule has 0 spiro atoms. The third-order valence-electron chi connectivity index (χ3n) is 3.44. The minimum atomic E-state index is -4.28. The highest BCUT2D eigenvalue weighted by molar-refractivity contribution is 7.89. The van der Waals surface area contributed by atoms with Crippen molar-refractivity contribution in [3.63, 3.8) is 0 Å². The minimum absolute atomic E-state index is 0.250. The average molecular weight is 367 g/mol. The maximum atomic E-state index is 14.1. The molecule has 5 nitrogen and oxygen atoms in total. The van der Waals surface area contributed by atoms with Crippen LogP contribution in [-0.4, -0.2) is 18.0 Å². The third-order valence-corrected chi connectivity index (χ3v) is 4.86. The van der Waals surface area contributed by atoms with Gasteiger partial charge in [0.15, 0.2) is 0 Å². The zero-order valence-corrected chi connectivity index (χ0v) is 13.5. The summed E-state index contributed by atoms with van der Waals surface area (Å²) in [5.74, 6) is -2.53. The van der Waals surface area contributed by atoms with Crippen molar-refractivity contribution < 1.29 is 21.6 Å². The van der Waals surface area contributed by atoms with Gasteiger partial charge in [0.25, 0.3) is 0 Å². The fourth-order valence-electron chi connectivity index (χ4n) is 2.21. The second-order valence-electron chi connectivity index (χ2n) is 5.16. The lowest BCUT2D eigenvalue weighted by Gasteiger charge is -2.10. The van der Waals surface area contributed by atoms with Crippen molar-refractivity contribution in [1.29, 1.82) is 0 Å². The van der Waals surface area contributed by atoms with Crippen LogP contribution >= 0.6 is 0 Å². The Labute approximate surface area is 141 Å². The van der Waals surface area contributed by atoms with E-state index >= 15 is 0 Å². The molecule has 3 aromatic rings. The van der Waals surface area contributed by atoms with Crippen LogP contribution in [0.15, 0.2) is 60.0 Å². The number of hydrogen-bond acceptors (Lipinski definition) is 3. The first-order valence-electron chi connectivity index (χ1n) is 7.08. The number of hydrogen-bond donors (Lipinski definition) is 1. The molecule has 0 saturated carbocycles. The van der Waals surface area contributed by atoms with Gasteiger partial charge in [-0.25, -0.2) is 31.3 Å². The van der Waals surface area contributed by atoms with Crippen LogP contribution in [-0.2, 0) is 16.6 Å². The molecule has 0 aliphatic rings. The van der Waals surface area contributed by atoms with E-state index in [9.17, 15) is 21.6 Å². The largest absolute Gasteiger partial charge is 0.303 e. The molecule has 25 heavy (non-hydrogen) atoms. The fraction of sp³-hybridized carbons (Fsp3) is 0.0625. The Balaban J connectivity index is 1.79. The molecule has 0 aliphatic carbocycles. The van der Waals surface area contributed by atoms with E-state index in [4.69, 9.17) is 0 Å². The fourth-order valence-corrected chi connectivity index (χ4v) is 3.32. The highest BCUT2D eigenvalue weighted by atomic mass is 32.2. The van der Waals surface area contributed by atoms with Gasteiger partial charge in [0.2, 0.25) is 10.0 Å². The molecule has 0 atom stereocenters. The molecule has 1 N–H and O–H groups in total. The summed E-state index contributed by atoms with van der Waals surface area (Å²) in [7, 11) is -4.28. The number of sulfonamides is 1. The highest BCUT2D eigenvalue weighted by Gasteiger charge is 2.20. The van der Waals surface area contributed by atoms with Gasteiger partial charge in [0, 0.05) is 18.9 Å². The summed E-state index contributed by atoms with van der Waals surface area (Å²) in [6.07, 6.45) is 4.48. The first-order chi connectivity index (χ1) is 11.9. The van der Waals surface area contributed by atoms with Crippen LogP contribution in [0.25, 0.3) is 5.69 Å². The molecule has 0 aliphatic heterocycles. The maximum Gasteiger partial charge on any atom is 0.243 e. The molecule has 9 heteroatoms. The van der Waals surface area contributed by atoms with Gasteiger partial charge in [-0.3, -0.25) is 0 Å². The van der Waals surface area contributed by atoms with Crippen molar-refractivity contribution >= 4 is 10.0 Å². The Morgan fingerprint density at radius 2 is 1.84 bits per heavy atom. The van der Waals surface area contributed by atoms with E-state index in [-0.39, 0.29) is 12.2 Å². The van der Waals surface area contributed by atoms with Gasteiger partial charge in [-0.2, -0.15) is 0 Å². The van der Waals surface area contributed by atoms with Crippen LogP contribution < -0.4 is 4.72 Å². The number of benzene rings is 2. The van der Waals surface area contributed by atoms with E-state index in [1.165, 1.54) is 29.2 Å². The first-order valence-corrected chi connectivity index (χ1v) is 8.56. The molecule has 0 bridgehead atoms. The van der Waals surface area contributed by atoms with E-state index in [2.05, 4.69) is 9.71 Å². The van der Waals surface area contributed by atoms with Gasteiger partial charge >= 0.3 is 0 Å². The summed E-state index contributed by atoms with van der Waals surface area (Å²) in [4.78, 5) is 3.02. The van der Waals surface area contributed by atoms with Crippen molar-refractivity contribution in [2.24, 2.45) is 0 Å². The first kappa shape index (κ1) is 17.2. The van der Waals surface area contributed by atoms with E-state index < -0.39 is 32.4 Å². The van der Waals surface area contributed by atoms with Crippen LogP contribution in [0.1, 0.15) is 5.56 Å². The van der Waals surface area contributed by atoms with Crippen molar-refractivity contribution in [2.45, 2.75) is 11.4 Å². The van der Waals surface area contributed by atoms with Gasteiger partial charge in [0.1, 0.15) is 22.3 Å². The Morgan fingerprint density at radius 3 is 2.52 bits per heavy atom. The Hall–Kier alpha value is -2.65. The van der Waals surface area contributed by atoms with Crippen molar-refractivity contribution in [3.05, 3.63) is 78.1 Å². The number of halogens is 3. The van der Waals surface area contributed by atoms with E-state index in [0.29, 0.717) is 11.6 Å². The zero-order valence-electron chi connectivity index (χ0n) is 12.7. The Morgan fingerprint density at radius 1 is 1.04 bits per heavy atom. The second kappa shape index (κ2) is 6.69. The Bertz CT molecular complexity index is 1010. The Kier molecular flexibility index (Phi) is 4.60. The van der Waals surface area contributed by atoms with Crippen LogP contribution in [0.3, 0.4) is 0 Å². The lowest BCUT2D eigenvalue weighted by Crippen LogP contribution is -2.24. The predicted molar refractivity (Wildman–Crippen MR) is 83.9 cm³/mol. The highest BCUT2D eigenvalue weighted by Crippen LogP contribution is 2.18. The molecule has 3 rings (SSSR count). The molecule has 0 unspecified atom stereocenters. The van der Waals surface area contributed by atoms with Gasteiger partial charge in [0.05, 0.1) is 12.0 Å². The van der Waals surface area contributed by atoms with Crippen molar-refractivity contribution in [3.8, 4) is 5.69 Å². The zero-order chi connectivity index (χ0) is 18.0. The summed E-state index contributed by atoms with van der Waals surface area (Å²) >= 11 is 0. The monoisotopic (exact) mass is 367 g/mol. The lowest BCUT2D eigenvalue weighted by molar-refractivity contribution is 0.545. The van der Waals surface area contributed by atoms with Gasteiger partial charge in [-0.05, 0) is 35.9 Å². The van der Waals surface area contributed by atoms with Crippen LogP contribution in [0.5, 0.6) is 0 Å². The summed E-state index contributed by atoms with van der Waals surface area (Å²) in [6, 6.07) is 6.26. The van der Waals surface area contributed by atoms with E-state index in [1.807, 2.05) is 0 Å². The summed E-state index contributed by atoms with van der Waals surface area (Å²) in [6.45, 7) is -0.278. The number of nitrogens with one attached hydrogen (secondary N) is 1. The smallest absolute Gasteiger partial charge is 0.243 e. The number of rotatable bonds is 5. The van der Waals surface area contributed by atoms with Gasteiger partial charge in [-0.1, -0.05) is 6.07 Å². The van der Waals surface area contributed by atoms with Crippen LogP contribution in [0.4, 0.5) is 13.2 Å². The molecule has 0 radical (unpaired) electrons. The van der Waals surface area contributed by atoms with Crippen LogP contribution in [0, 0.1) is 17.5 Å². The predicted octanol–water partition coefficient (Wildman–Crippen LogP) is 2.77. The second-order valence-corrected chi connectivity index (χ2v) is 6.89. The molecular weight excluding hydrogens is 355 g/mol. The lowest BCUT2D eigenvalue weighted by atomic mass is 10.2. The number of nitrogens with zero attached hydrogens (tertiary/aromatic N) is 2. The summed E-state index contributed by atoms with van der Waals surface area (Å²) in [5.41, 5.74) is 0.571. The average Bonchev–Trinajstić information content (AvgIpc) is 3.09. The van der Waals surface area contributed by atoms with Gasteiger partial charge < -0.3 is 4.57 Å². The molecule has 130 valence electrons. The molecular formula is C16H12F3N3O2S. The summed E-state index contributed by atoms with van der Waals surface area (Å²) < 4.78 is 68.7.